The lowest BCUT2D eigenvalue weighted by molar-refractivity contribution is 0.565. The predicted octanol–water partition coefficient (Wildman–Crippen LogP) is 3.93. The highest BCUT2D eigenvalue weighted by molar-refractivity contribution is 14.1. The summed E-state index contributed by atoms with van der Waals surface area (Å²) in [5.41, 5.74) is 2.66. The predicted molar refractivity (Wildman–Crippen MR) is 72.4 cm³/mol. The largest absolute Gasteiger partial charge is 0.240 e. The molecule has 0 amide bonds. The smallest absolute Gasteiger partial charge is 0.211 e. The summed E-state index contributed by atoms with van der Waals surface area (Å²) >= 11 is 2.26. The van der Waals surface area contributed by atoms with Crippen molar-refractivity contribution in [1.82, 2.24) is 0 Å². The van der Waals surface area contributed by atoms with E-state index in [0.29, 0.717) is 5.69 Å². The summed E-state index contributed by atoms with van der Waals surface area (Å²) in [7, 11) is 0. The van der Waals surface area contributed by atoms with E-state index in [1.54, 1.807) is 12.1 Å². The Bertz CT molecular complexity index is 559. The molecule has 2 aromatic rings. The van der Waals surface area contributed by atoms with Gasteiger partial charge in [-0.1, -0.05) is 30.3 Å². The summed E-state index contributed by atoms with van der Waals surface area (Å²) < 4.78 is 1.15. The number of nitrogens with zero attached hydrogens (tertiary/aromatic N) is 1. The minimum atomic E-state index is 0.652. The van der Waals surface area contributed by atoms with Crippen LogP contribution in [0, 0.1) is 3.57 Å². The second-order valence-electron chi connectivity index (χ2n) is 3.23. The van der Waals surface area contributed by atoms with Gasteiger partial charge in [0.15, 0.2) is 0 Å². The van der Waals surface area contributed by atoms with Gasteiger partial charge in [0.2, 0.25) is 6.08 Å². The lowest BCUT2D eigenvalue weighted by atomic mass is 10.0. The van der Waals surface area contributed by atoms with Crippen LogP contribution in [0.1, 0.15) is 0 Å². The lowest BCUT2D eigenvalue weighted by Gasteiger charge is -2.04. The molecule has 3 heteroatoms. The first-order chi connectivity index (χ1) is 7.81. The van der Waals surface area contributed by atoms with Gasteiger partial charge in [-0.05, 0) is 46.4 Å². The molecule has 2 nitrogen and oxygen atoms in total. The fraction of sp³-hybridized carbons (Fsp3) is 0. The van der Waals surface area contributed by atoms with Gasteiger partial charge in [-0.3, -0.25) is 0 Å². The number of aliphatic imine (C=N–C) groups is 1. The van der Waals surface area contributed by atoms with Gasteiger partial charge in [0, 0.05) is 9.13 Å². The van der Waals surface area contributed by atoms with Crippen LogP contribution in [0.5, 0.6) is 0 Å². The molecule has 0 heterocycles. The van der Waals surface area contributed by atoms with Crippen LogP contribution >= 0.6 is 22.6 Å². The fourth-order valence-corrected chi connectivity index (χ4v) is 2.06. The molecule has 2 rings (SSSR count). The van der Waals surface area contributed by atoms with Crippen molar-refractivity contribution in [2.24, 2.45) is 4.99 Å². The molecule has 0 saturated carbocycles. The molecule has 0 spiro atoms. The van der Waals surface area contributed by atoms with Crippen molar-refractivity contribution in [2.75, 3.05) is 0 Å². The van der Waals surface area contributed by atoms with Gasteiger partial charge in [-0.2, -0.15) is 4.99 Å². The molecular weight excluding hydrogens is 313 g/mol. The first-order valence-electron chi connectivity index (χ1n) is 4.74. The average Bonchev–Trinajstić information content (AvgIpc) is 2.30. The van der Waals surface area contributed by atoms with Gasteiger partial charge in [0.25, 0.3) is 0 Å². The van der Waals surface area contributed by atoms with Crippen LogP contribution in [-0.4, -0.2) is 6.08 Å². The third-order valence-corrected chi connectivity index (χ3v) is 2.88. The Balaban J connectivity index is 2.59. The summed E-state index contributed by atoms with van der Waals surface area (Å²) in [5.74, 6) is 0. The van der Waals surface area contributed by atoms with E-state index in [1.165, 1.54) is 0 Å². The molecule has 0 bridgehead atoms. The van der Waals surface area contributed by atoms with Crippen LogP contribution in [0.15, 0.2) is 53.5 Å². The summed E-state index contributed by atoms with van der Waals surface area (Å²) in [4.78, 5) is 14.0. The fourth-order valence-electron chi connectivity index (χ4n) is 1.52. The van der Waals surface area contributed by atoms with E-state index in [9.17, 15) is 4.79 Å². The monoisotopic (exact) mass is 321 g/mol. The molecule has 0 aliphatic rings. The SMILES string of the molecule is O=C=Nc1ccccc1-c1cccc(I)c1. The van der Waals surface area contributed by atoms with Crippen molar-refractivity contribution in [3.8, 4) is 11.1 Å². The Labute approximate surface area is 107 Å². The lowest BCUT2D eigenvalue weighted by Crippen LogP contribution is -1.79. The van der Waals surface area contributed by atoms with Crippen LogP contribution < -0.4 is 0 Å². The average molecular weight is 321 g/mol. The van der Waals surface area contributed by atoms with E-state index < -0.39 is 0 Å². The summed E-state index contributed by atoms with van der Waals surface area (Å²) in [5, 5.41) is 0. The number of hydrogen-bond acceptors (Lipinski definition) is 2. The second-order valence-corrected chi connectivity index (χ2v) is 4.48. The molecule has 0 saturated heterocycles. The van der Waals surface area contributed by atoms with Crippen molar-refractivity contribution < 1.29 is 4.79 Å². The highest BCUT2D eigenvalue weighted by Gasteiger charge is 2.03. The number of isocyanates is 1. The van der Waals surface area contributed by atoms with Gasteiger partial charge >= 0.3 is 0 Å². The Morgan fingerprint density at radius 3 is 2.62 bits per heavy atom. The van der Waals surface area contributed by atoms with Gasteiger partial charge < -0.3 is 0 Å². The number of benzene rings is 2. The van der Waals surface area contributed by atoms with E-state index >= 15 is 0 Å². The molecule has 0 aliphatic carbocycles. The van der Waals surface area contributed by atoms with Gasteiger partial charge in [0.05, 0.1) is 5.69 Å². The Morgan fingerprint density at radius 2 is 1.88 bits per heavy atom. The zero-order chi connectivity index (χ0) is 11.4. The van der Waals surface area contributed by atoms with Crippen molar-refractivity contribution in [3.63, 3.8) is 0 Å². The molecule has 0 N–H and O–H groups in total. The molecule has 16 heavy (non-hydrogen) atoms. The maximum absolute atomic E-state index is 10.3. The third kappa shape index (κ3) is 2.38. The zero-order valence-electron chi connectivity index (χ0n) is 8.35. The topological polar surface area (TPSA) is 29.4 Å². The molecule has 78 valence electrons. The van der Waals surface area contributed by atoms with Crippen molar-refractivity contribution in [2.45, 2.75) is 0 Å². The van der Waals surface area contributed by atoms with Gasteiger partial charge in [0.1, 0.15) is 0 Å². The first-order valence-corrected chi connectivity index (χ1v) is 5.82. The van der Waals surface area contributed by atoms with E-state index in [2.05, 4.69) is 33.6 Å². The van der Waals surface area contributed by atoms with E-state index in [1.807, 2.05) is 36.4 Å². The van der Waals surface area contributed by atoms with Gasteiger partial charge in [-0.25, -0.2) is 4.79 Å². The van der Waals surface area contributed by atoms with Crippen LogP contribution in [-0.2, 0) is 4.79 Å². The highest BCUT2D eigenvalue weighted by Crippen LogP contribution is 2.30. The summed E-state index contributed by atoms with van der Waals surface area (Å²) in [6.45, 7) is 0. The van der Waals surface area contributed by atoms with Crippen LogP contribution in [0.4, 0.5) is 5.69 Å². The number of hydrogen-bond donors (Lipinski definition) is 0. The molecular formula is C13H8INO. The van der Waals surface area contributed by atoms with Crippen molar-refractivity contribution >= 4 is 34.4 Å². The Hall–Kier alpha value is -1.45. The second kappa shape index (κ2) is 5.05. The maximum Gasteiger partial charge on any atom is 0.240 e. The minimum absolute atomic E-state index is 0.652. The van der Waals surface area contributed by atoms with Crippen LogP contribution in [0.25, 0.3) is 11.1 Å². The third-order valence-electron chi connectivity index (χ3n) is 2.21. The Kier molecular flexibility index (Phi) is 3.49. The number of rotatable bonds is 2. The number of carbonyl (C=O) groups excluding carboxylic acids is 1. The molecule has 0 aromatic heterocycles. The molecule has 0 radical (unpaired) electrons. The summed E-state index contributed by atoms with van der Waals surface area (Å²) in [6.07, 6.45) is 1.58. The molecule has 0 fully saturated rings. The maximum atomic E-state index is 10.3. The van der Waals surface area contributed by atoms with Gasteiger partial charge in [-0.15, -0.1) is 0 Å². The standard InChI is InChI=1S/C13H8INO/c14-11-5-3-4-10(8-11)12-6-1-2-7-13(12)15-9-16/h1-8H. The van der Waals surface area contributed by atoms with E-state index in [-0.39, 0.29) is 0 Å². The Morgan fingerprint density at radius 1 is 1.06 bits per heavy atom. The van der Waals surface area contributed by atoms with Crippen LogP contribution in [0.3, 0.4) is 0 Å². The van der Waals surface area contributed by atoms with Crippen LogP contribution in [0.2, 0.25) is 0 Å². The minimum Gasteiger partial charge on any atom is -0.211 e. The van der Waals surface area contributed by atoms with Crippen molar-refractivity contribution in [3.05, 3.63) is 52.1 Å². The highest BCUT2D eigenvalue weighted by atomic mass is 127. The normalized spacial score (nSPS) is 9.56. The quantitative estimate of drug-likeness (QED) is 0.468. The first kappa shape index (κ1) is 11.0. The van der Waals surface area contributed by atoms with Crippen molar-refractivity contribution in [1.29, 1.82) is 0 Å². The zero-order valence-corrected chi connectivity index (χ0v) is 10.5. The van der Waals surface area contributed by atoms with E-state index in [4.69, 9.17) is 0 Å². The molecule has 0 aliphatic heterocycles. The number of halogens is 1. The van der Waals surface area contributed by atoms with E-state index in [0.717, 1.165) is 14.7 Å². The molecule has 0 unspecified atom stereocenters. The molecule has 2 aromatic carbocycles. The molecule has 0 atom stereocenters. The number of para-hydroxylation sites is 1. The summed E-state index contributed by atoms with van der Waals surface area (Å²) in [6, 6.07) is 15.6.